The van der Waals surface area contributed by atoms with Gasteiger partial charge in [-0.25, -0.2) is 0 Å². The quantitative estimate of drug-likeness (QED) is 0.853. The van der Waals surface area contributed by atoms with Crippen molar-refractivity contribution in [1.29, 1.82) is 0 Å². The molecule has 2 aromatic rings. The number of nitrogens with two attached hydrogens (primary N) is 1. The second-order valence-electron chi connectivity index (χ2n) is 4.68. The second kappa shape index (κ2) is 5.81. The summed E-state index contributed by atoms with van der Waals surface area (Å²) >= 11 is 6.13. The lowest BCUT2D eigenvalue weighted by atomic mass is 10.0. The molecular weight excluding hydrogens is 278 g/mol. The smallest absolute Gasteiger partial charge is 0.259 e. The zero-order valence-corrected chi connectivity index (χ0v) is 12.6. The van der Waals surface area contributed by atoms with E-state index in [1.807, 2.05) is 20.8 Å². The SMILES string of the molecule is CCOC(C)(CC)c1noc(-c2cc(N)ccc2Cl)n1. The molecule has 0 saturated heterocycles. The molecule has 0 saturated carbocycles. The van der Waals surface area contributed by atoms with Crippen LogP contribution in [-0.4, -0.2) is 16.7 Å². The number of benzene rings is 1. The molecule has 1 heterocycles. The first-order chi connectivity index (χ1) is 9.50. The zero-order chi connectivity index (χ0) is 14.8. The van der Waals surface area contributed by atoms with Crippen LogP contribution in [0.25, 0.3) is 11.5 Å². The van der Waals surface area contributed by atoms with Crippen LogP contribution in [0.1, 0.15) is 33.0 Å². The number of nitrogen functional groups attached to an aromatic ring is 1. The van der Waals surface area contributed by atoms with E-state index >= 15 is 0 Å². The second-order valence-corrected chi connectivity index (χ2v) is 5.09. The van der Waals surface area contributed by atoms with Gasteiger partial charge in [0.05, 0.1) is 10.6 Å². The third-order valence-electron chi connectivity index (χ3n) is 3.26. The average Bonchev–Trinajstić information content (AvgIpc) is 2.92. The molecule has 0 spiro atoms. The minimum atomic E-state index is -0.566. The van der Waals surface area contributed by atoms with Gasteiger partial charge in [0.1, 0.15) is 5.60 Å². The molecule has 2 N–H and O–H groups in total. The van der Waals surface area contributed by atoms with Crippen molar-refractivity contribution in [3.8, 4) is 11.5 Å². The molecule has 0 radical (unpaired) electrons. The first-order valence-corrected chi connectivity index (χ1v) is 6.91. The van der Waals surface area contributed by atoms with Gasteiger partial charge in [0, 0.05) is 12.3 Å². The van der Waals surface area contributed by atoms with E-state index in [-0.39, 0.29) is 0 Å². The van der Waals surface area contributed by atoms with Gasteiger partial charge in [0.15, 0.2) is 0 Å². The van der Waals surface area contributed by atoms with E-state index in [1.165, 1.54) is 0 Å². The standard InChI is InChI=1S/C14H18ClN3O2/c1-4-14(3,19-5-2)13-17-12(20-18-13)10-8-9(16)6-7-11(10)15/h6-8H,4-5,16H2,1-3H3. The van der Waals surface area contributed by atoms with Crippen LogP contribution in [0.2, 0.25) is 5.02 Å². The summed E-state index contributed by atoms with van der Waals surface area (Å²) in [6.07, 6.45) is 0.741. The van der Waals surface area contributed by atoms with Crippen molar-refractivity contribution in [2.45, 2.75) is 32.8 Å². The summed E-state index contributed by atoms with van der Waals surface area (Å²) in [4.78, 5) is 4.40. The largest absolute Gasteiger partial charge is 0.399 e. The highest BCUT2D eigenvalue weighted by molar-refractivity contribution is 6.33. The number of nitrogens with zero attached hydrogens (tertiary/aromatic N) is 2. The van der Waals surface area contributed by atoms with Gasteiger partial charge in [0.25, 0.3) is 5.89 Å². The van der Waals surface area contributed by atoms with Gasteiger partial charge in [-0.2, -0.15) is 4.98 Å². The number of ether oxygens (including phenoxy) is 1. The van der Waals surface area contributed by atoms with Gasteiger partial charge < -0.3 is 15.0 Å². The maximum atomic E-state index is 6.13. The molecule has 1 atom stereocenters. The summed E-state index contributed by atoms with van der Waals surface area (Å²) in [6.45, 7) is 6.46. The number of aromatic nitrogens is 2. The van der Waals surface area contributed by atoms with Gasteiger partial charge in [0.2, 0.25) is 5.82 Å². The highest BCUT2D eigenvalue weighted by Gasteiger charge is 2.31. The Kier molecular flexibility index (Phi) is 4.30. The number of hydrogen-bond donors (Lipinski definition) is 1. The molecule has 0 fully saturated rings. The topological polar surface area (TPSA) is 74.2 Å². The molecule has 0 aliphatic heterocycles. The lowest BCUT2D eigenvalue weighted by Gasteiger charge is -2.23. The minimum Gasteiger partial charge on any atom is -0.399 e. The fourth-order valence-electron chi connectivity index (χ4n) is 1.90. The van der Waals surface area contributed by atoms with Crippen molar-refractivity contribution in [2.75, 3.05) is 12.3 Å². The van der Waals surface area contributed by atoms with Crippen LogP contribution in [-0.2, 0) is 10.3 Å². The Morgan fingerprint density at radius 2 is 2.15 bits per heavy atom. The summed E-state index contributed by atoms with van der Waals surface area (Å²) in [6, 6.07) is 5.14. The van der Waals surface area contributed by atoms with Gasteiger partial charge in [-0.05, 0) is 38.5 Å². The van der Waals surface area contributed by atoms with E-state index < -0.39 is 5.60 Å². The van der Waals surface area contributed by atoms with E-state index in [0.29, 0.717) is 34.6 Å². The maximum absolute atomic E-state index is 6.13. The van der Waals surface area contributed by atoms with Crippen LogP contribution in [0.15, 0.2) is 22.7 Å². The van der Waals surface area contributed by atoms with Crippen molar-refractivity contribution < 1.29 is 9.26 Å². The summed E-state index contributed by atoms with van der Waals surface area (Å²) in [7, 11) is 0. The Labute approximate surface area is 123 Å². The monoisotopic (exact) mass is 295 g/mol. The molecule has 108 valence electrons. The van der Waals surface area contributed by atoms with E-state index in [4.69, 9.17) is 26.6 Å². The van der Waals surface area contributed by atoms with Crippen LogP contribution >= 0.6 is 11.6 Å². The number of halogens is 1. The molecular formula is C14H18ClN3O2. The Morgan fingerprint density at radius 1 is 1.40 bits per heavy atom. The first-order valence-electron chi connectivity index (χ1n) is 6.53. The lowest BCUT2D eigenvalue weighted by Crippen LogP contribution is -2.26. The molecule has 0 amide bonds. The fraction of sp³-hybridized carbons (Fsp3) is 0.429. The molecule has 0 aliphatic carbocycles. The van der Waals surface area contributed by atoms with E-state index in [1.54, 1.807) is 18.2 Å². The van der Waals surface area contributed by atoms with Crippen LogP contribution in [0.4, 0.5) is 5.69 Å². The van der Waals surface area contributed by atoms with E-state index in [2.05, 4.69) is 10.1 Å². The Bertz CT molecular complexity index is 600. The first kappa shape index (κ1) is 14.8. The highest BCUT2D eigenvalue weighted by atomic mass is 35.5. The molecule has 20 heavy (non-hydrogen) atoms. The summed E-state index contributed by atoms with van der Waals surface area (Å²) < 4.78 is 11.0. The van der Waals surface area contributed by atoms with Crippen molar-refractivity contribution in [3.63, 3.8) is 0 Å². The molecule has 6 heteroatoms. The van der Waals surface area contributed by atoms with E-state index in [0.717, 1.165) is 6.42 Å². The van der Waals surface area contributed by atoms with Crippen molar-refractivity contribution >= 4 is 17.3 Å². The van der Waals surface area contributed by atoms with Crippen molar-refractivity contribution in [3.05, 3.63) is 29.0 Å². The van der Waals surface area contributed by atoms with Gasteiger partial charge >= 0.3 is 0 Å². The van der Waals surface area contributed by atoms with Gasteiger partial charge in [-0.1, -0.05) is 23.7 Å². The zero-order valence-electron chi connectivity index (χ0n) is 11.8. The third-order valence-corrected chi connectivity index (χ3v) is 3.59. The van der Waals surface area contributed by atoms with E-state index in [9.17, 15) is 0 Å². The fourth-order valence-corrected chi connectivity index (χ4v) is 2.10. The maximum Gasteiger partial charge on any atom is 0.259 e. The van der Waals surface area contributed by atoms with Gasteiger partial charge in [-0.15, -0.1) is 0 Å². The van der Waals surface area contributed by atoms with Gasteiger partial charge in [-0.3, -0.25) is 0 Å². The van der Waals surface area contributed by atoms with Crippen molar-refractivity contribution in [1.82, 2.24) is 10.1 Å². The predicted molar refractivity (Wildman–Crippen MR) is 78.4 cm³/mol. The summed E-state index contributed by atoms with van der Waals surface area (Å²) in [5, 5.41) is 4.53. The Balaban J connectivity index is 2.40. The lowest BCUT2D eigenvalue weighted by molar-refractivity contribution is -0.0403. The highest BCUT2D eigenvalue weighted by Crippen LogP contribution is 2.32. The molecule has 0 bridgehead atoms. The summed E-state index contributed by atoms with van der Waals surface area (Å²) in [5.74, 6) is 0.854. The molecule has 5 nitrogen and oxygen atoms in total. The Hall–Kier alpha value is -1.59. The number of rotatable bonds is 5. The average molecular weight is 296 g/mol. The van der Waals surface area contributed by atoms with Crippen molar-refractivity contribution in [2.24, 2.45) is 0 Å². The van der Waals surface area contributed by atoms with Crippen LogP contribution in [0.5, 0.6) is 0 Å². The molecule has 0 aliphatic rings. The number of hydrogen-bond acceptors (Lipinski definition) is 5. The normalized spacial score (nSPS) is 14.2. The molecule has 1 aromatic carbocycles. The summed E-state index contributed by atoms with van der Waals surface area (Å²) in [5.41, 5.74) is 6.41. The minimum absolute atomic E-state index is 0.344. The predicted octanol–water partition coefficient (Wildman–Crippen LogP) is 3.63. The molecule has 1 aromatic heterocycles. The van der Waals surface area contributed by atoms with Crippen LogP contribution in [0, 0.1) is 0 Å². The molecule has 1 unspecified atom stereocenters. The van der Waals surface area contributed by atoms with Crippen LogP contribution in [0.3, 0.4) is 0 Å². The van der Waals surface area contributed by atoms with Crippen LogP contribution < -0.4 is 5.73 Å². The molecule has 2 rings (SSSR count). The number of anilines is 1. The Morgan fingerprint density at radius 3 is 2.80 bits per heavy atom. The third kappa shape index (κ3) is 2.78.